The van der Waals surface area contributed by atoms with Gasteiger partial charge in [0.2, 0.25) is 15.9 Å². The number of hydrogen-bond acceptors (Lipinski definition) is 6. The van der Waals surface area contributed by atoms with Gasteiger partial charge in [0.15, 0.2) is 5.78 Å². The minimum atomic E-state index is -3.65. The number of thiazole rings is 1. The first-order chi connectivity index (χ1) is 15.8. The van der Waals surface area contributed by atoms with Crippen molar-refractivity contribution in [2.75, 3.05) is 13.1 Å². The number of piperidine rings is 1. The minimum absolute atomic E-state index is 0.0767. The van der Waals surface area contributed by atoms with E-state index >= 15 is 0 Å². The number of nitrogens with one attached hydrogen (secondary N) is 1. The van der Waals surface area contributed by atoms with Crippen molar-refractivity contribution in [2.24, 2.45) is 5.92 Å². The summed E-state index contributed by atoms with van der Waals surface area (Å²) in [4.78, 5) is 28.8. The minimum Gasteiger partial charge on any atom is -0.350 e. The molecule has 3 aromatic rings. The van der Waals surface area contributed by atoms with Crippen LogP contribution < -0.4 is 5.32 Å². The fraction of sp³-hybridized carbons (Fsp3) is 0.292. The quantitative estimate of drug-likeness (QED) is 0.517. The largest absolute Gasteiger partial charge is 0.350 e. The van der Waals surface area contributed by atoms with Crippen LogP contribution in [0.15, 0.2) is 64.9 Å². The molecule has 172 valence electrons. The van der Waals surface area contributed by atoms with Crippen LogP contribution in [0.3, 0.4) is 0 Å². The normalized spacial score (nSPS) is 15.3. The van der Waals surface area contributed by atoms with Crippen LogP contribution in [0.5, 0.6) is 0 Å². The highest BCUT2D eigenvalue weighted by atomic mass is 32.2. The molecule has 1 aromatic heterocycles. The molecule has 1 fully saturated rings. The summed E-state index contributed by atoms with van der Waals surface area (Å²) >= 11 is 1.54. The zero-order valence-electron chi connectivity index (χ0n) is 18.2. The van der Waals surface area contributed by atoms with Gasteiger partial charge in [0, 0.05) is 35.5 Å². The second-order valence-electron chi connectivity index (χ2n) is 7.99. The third kappa shape index (κ3) is 5.38. The highest BCUT2D eigenvalue weighted by Gasteiger charge is 2.32. The summed E-state index contributed by atoms with van der Waals surface area (Å²) in [5, 5.41) is 5.79. The molecule has 33 heavy (non-hydrogen) atoms. The summed E-state index contributed by atoms with van der Waals surface area (Å²) in [5.41, 5.74) is 2.33. The Balaban J connectivity index is 1.30. The van der Waals surface area contributed by atoms with Gasteiger partial charge in [0.05, 0.1) is 17.1 Å². The first-order valence-electron chi connectivity index (χ1n) is 10.7. The molecule has 7 nitrogen and oxygen atoms in total. The van der Waals surface area contributed by atoms with E-state index in [0.717, 1.165) is 16.3 Å². The molecule has 0 unspecified atom stereocenters. The summed E-state index contributed by atoms with van der Waals surface area (Å²) in [6, 6.07) is 15.9. The molecule has 1 aliphatic heterocycles. The van der Waals surface area contributed by atoms with Crippen LogP contribution in [-0.4, -0.2) is 42.5 Å². The molecule has 0 atom stereocenters. The fourth-order valence-corrected chi connectivity index (χ4v) is 6.09. The number of nitrogens with zero attached hydrogens (tertiary/aromatic N) is 2. The van der Waals surface area contributed by atoms with Gasteiger partial charge in [0.25, 0.3) is 0 Å². The van der Waals surface area contributed by atoms with E-state index in [-0.39, 0.29) is 35.6 Å². The first kappa shape index (κ1) is 23.3. The average molecular weight is 484 g/mol. The van der Waals surface area contributed by atoms with E-state index in [1.165, 1.54) is 46.8 Å². The smallest absolute Gasteiger partial charge is 0.243 e. The first-order valence-corrected chi connectivity index (χ1v) is 13.1. The molecule has 9 heteroatoms. The number of carbonyl (C=O) groups excluding carboxylic acids is 2. The molecule has 4 rings (SSSR count). The lowest BCUT2D eigenvalue weighted by Gasteiger charge is -2.30. The number of amides is 1. The molecule has 0 saturated carbocycles. The van der Waals surface area contributed by atoms with E-state index < -0.39 is 10.0 Å². The zero-order chi connectivity index (χ0) is 23.4. The topological polar surface area (TPSA) is 96.4 Å². The van der Waals surface area contributed by atoms with Crippen LogP contribution in [0.4, 0.5) is 0 Å². The molecule has 1 saturated heterocycles. The summed E-state index contributed by atoms with van der Waals surface area (Å²) in [6.45, 7) is 2.35. The van der Waals surface area contributed by atoms with E-state index in [0.29, 0.717) is 24.9 Å². The lowest BCUT2D eigenvalue weighted by atomic mass is 9.97. The number of Topliss-reactive ketones (excluding diaryl/α,β-unsaturated/α-hetero) is 1. The Morgan fingerprint density at radius 2 is 1.73 bits per heavy atom. The average Bonchev–Trinajstić information content (AvgIpc) is 3.32. The number of sulfonamides is 1. The number of rotatable bonds is 7. The van der Waals surface area contributed by atoms with Crippen molar-refractivity contribution in [2.45, 2.75) is 31.2 Å². The van der Waals surface area contributed by atoms with E-state index in [1.54, 1.807) is 0 Å². The van der Waals surface area contributed by atoms with E-state index in [9.17, 15) is 18.0 Å². The molecular weight excluding hydrogens is 458 g/mol. The number of benzene rings is 2. The number of ketones is 1. The van der Waals surface area contributed by atoms with Crippen LogP contribution in [0, 0.1) is 5.92 Å². The molecule has 0 spiro atoms. The predicted octanol–water partition coefficient (Wildman–Crippen LogP) is 3.73. The zero-order valence-corrected chi connectivity index (χ0v) is 19.9. The van der Waals surface area contributed by atoms with Gasteiger partial charge in [-0.25, -0.2) is 13.4 Å². The van der Waals surface area contributed by atoms with Gasteiger partial charge < -0.3 is 5.32 Å². The maximum atomic E-state index is 12.9. The van der Waals surface area contributed by atoms with E-state index in [1.807, 2.05) is 35.7 Å². The van der Waals surface area contributed by atoms with Gasteiger partial charge in [-0.2, -0.15) is 4.31 Å². The second kappa shape index (κ2) is 9.94. The summed E-state index contributed by atoms with van der Waals surface area (Å²) in [7, 11) is -3.65. The fourth-order valence-electron chi connectivity index (χ4n) is 3.79. The standard InChI is InChI=1S/C24H25N3O4S2/c1-17(28)18-7-9-22(10-8-18)33(30,31)27-13-11-19(12-14-27)23(29)25-15-21-16-32-24(26-21)20-5-3-2-4-6-20/h2-10,16,19H,11-15H2,1H3,(H,25,29). The van der Waals surface area contributed by atoms with Crippen molar-refractivity contribution in [3.8, 4) is 10.6 Å². The molecule has 0 bridgehead atoms. The van der Waals surface area contributed by atoms with Crippen LogP contribution in [0.1, 0.15) is 35.8 Å². The molecule has 0 radical (unpaired) electrons. The predicted molar refractivity (Wildman–Crippen MR) is 127 cm³/mol. The maximum absolute atomic E-state index is 12.9. The highest BCUT2D eigenvalue weighted by Crippen LogP contribution is 2.25. The Bertz CT molecular complexity index is 1230. The van der Waals surface area contributed by atoms with Gasteiger partial charge in [-0.3, -0.25) is 9.59 Å². The van der Waals surface area contributed by atoms with E-state index in [4.69, 9.17) is 0 Å². The van der Waals surface area contributed by atoms with Crippen molar-refractivity contribution >= 4 is 33.1 Å². The summed E-state index contributed by atoms with van der Waals surface area (Å²) in [5.74, 6) is -0.421. The lowest BCUT2D eigenvalue weighted by Crippen LogP contribution is -2.42. The molecular formula is C24H25N3O4S2. The van der Waals surface area contributed by atoms with Crippen LogP contribution in [-0.2, 0) is 21.4 Å². The second-order valence-corrected chi connectivity index (χ2v) is 10.8. The monoisotopic (exact) mass is 483 g/mol. The maximum Gasteiger partial charge on any atom is 0.243 e. The Morgan fingerprint density at radius 1 is 1.06 bits per heavy atom. The Morgan fingerprint density at radius 3 is 2.36 bits per heavy atom. The highest BCUT2D eigenvalue weighted by molar-refractivity contribution is 7.89. The molecule has 2 heterocycles. The van der Waals surface area contributed by atoms with Crippen molar-refractivity contribution in [3.05, 3.63) is 71.2 Å². The van der Waals surface area contributed by atoms with Crippen molar-refractivity contribution in [1.82, 2.24) is 14.6 Å². The lowest BCUT2D eigenvalue weighted by molar-refractivity contribution is -0.126. The number of carbonyl (C=O) groups is 2. The summed E-state index contributed by atoms with van der Waals surface area (Å²) in [6.07, 6.45) is 0.922. The van der Waals surface area contributed by atoms with Crippen molar-refractivity contribution < 1.29 is 18.0 Å². The number of hydrogen-bond donors (Lipinski definition) is 1. The molecule has 1 N–H and O–H groups in total. The molecule has 0 aliphatic carbocycles. The van der Waals surface area contributed by atoms with Crippen molar-refractivity contribution in [1.29, 1.82) is 0 Å². The third-order valence-electron chi connectivity index (χ3n) is 5.74. The molecule has 2 aromatic carbocycles. The molecule has 1 amide bonds. The van der Waals surface area contributed by atoms with Gasteiger partial charge in [-0.1, -0.05) is 42.5 Å². The van der Waals surface area contributed by atoms with Crippen LogP contribution >= 0.6 is 11.3 Å². The number of aromatic nitrogens is 1. The SMILES string of the molecule is CC(=O)c1ccc(S(=O)(=O)N2CCC(C(=O)NCc3csc(-c4ccccc4)n3)CC2)cc1. The van der Waals surface area contributed by atoms with Crippen LogP contribution in [0.2, 0.25) is 0 Å². The molecule has 1 aliphatic rings. The van der Waals surface area contributed by atoms with Gasteiger partial charge in [-0.15, -0.1) is 11.3 Å². The third-order valence-corrected chi connectivity index (χ3v) is 8.59. The van der Waals surface area contributed by atoms with Gasteiger partial charge >= 0.3 is 0 Å². The van der Waals surface area contributed by atoms with E-state index in [2.05, 4.69) is 10.3 Å². The van der Waals surface area contributed by atoms with Crippen molar-refractivity contribution in [3.63, 3.8) is 0 Å². The van der Waals surface area contributed by atoms with Gasteiger partial charge in [-0.05, 0) is 31.9 Å². The Labute approximate surface area is 197 Å². The van der Waals surface area contributed by atoms with Crippen LogP contribution in [0.25, 0.3) is 10.6 Å². The Kier molecular flexibility index (Phi) is 7.02. The Hall–Kier alpha value is -2.88. The van der Waals surface area contributed by atoms with Gasteiger partial charge in [0.1, 0.15) is 5.01 Å². The summed E-state index contributed by atoms with van der Waals surface area (Å²) < 4.78 is 27.2.